The third kappa shape index (κ3) is 4.36. The summed E-state index contributed by atoms with van der Waals surface area (Å²) >= 11 is 6.12. The van der Waals surface area contributed by atoms with Crippen LogP contribution in [-0.4, -0.2) is 59.6 Å². The number of carbonyl (C=O) groups is 2. The van der Waals surface area contributed by atoms with Gasteiger partial charge in [-0.2, -0.15) is 0 Å². The van der Waals surface area contributed by atoms with Gasteiger partial charge in [0.1, 0.15) is 5.54 Å². The van der Waals surface area contributed by atoms with E-state index in [0.29, 0.717) is 13.0 Å². The van der Waals surface area contributed by atoms with E-state index in [9.17, 15) is 9.59 Å². The van der Waals surface area contributed by atoms with Crippen molar-refractivity contribution < 1.29 is 14.3 Å². The minimum atomic E-state index is -0.757. The molecule has 30 heavy (non-hydrogen) atoms. The average Bonchev–Trinajstić information content (AvgIpc) is 3.32. The van der Waals surface area contributed by atoms with Crippen molar-refractivity contribution in [3.63, 3.8) is 0 Å². The minimum absolute atomic E-state index is 0.0170. The van der Waals surface area contributed by atoms with E-state index in [1.54, 1.807) is 0 Å². The molecule has 3 aliphatic rings. The molecule has 0 saturated carbocycles. The van der Waals surface area contributed by atoms with E-state index in [-0.39, 0.29) is 24.0 Å². The van der Waals surface area contributed by atoms with Gasteiger partial charge in [0.25, 0.3) is 5.91 Å². The molecule has 1 aromatic rings. The number of hydrogen-bond donors (Lipinski definition) is 1. The molecule has 3 aliphatic heterocycles. The van der Waals surface area contributed by atoms with Gasteiger partial charge in [-0.1, -0.05) is 37.1 Å². The molecule has 3 heterocycles. The molecule has 3 saturated heterocycles. The quantitative estimate of drug-likeness (QED) is 0.664. The maximum Gasteiger partial charge on any atom is 0.325 e. The maximum atomic E-state index is 13.5. The van der Waals surface area contributed by atoms with Crippen LogP contribution in [-0.2, 0) is 16.1 Å². The number of amides is 3. The van der Waals surface area contributed by atoms with Crippen LogP contribution in [0.2, 0.25) is 5.02 Å². The van der Waals surface area contributed by atoms with Gasteiger partial charge in [-0.3, -0.25) is 14.6 Å². The van der Waals surface area contributed by atoms with Crippen LogP contribution in [0.15, 0.2) is 24.3 Å². The van der Waals surface area contributed by atoms with Crippen LogP contribution in [0.3, 0.4) is 0 Å². The van der Waals surface area contributed by atoms with Gasteiger partial charge < -0.3 is 10.1 Å². The lowest BCUT2D eigenvalue weighted by molar-refractivity contribution is -0.135. The number of imide groups is 1. The third-order valence-corrected chi connectivity index (χ3v) is 7.07. The zero-order valence-corrected chi connectivity index (χ0v) is 18.5. The molecule has 0 radical (unpaired) electrons. The normalized spacial score (nSPS) is 28.3. The van der Waals surface area contributed by atoms with Crippen molar-refractivity contribution in [2.24, 2.45) is 5.92 Å². The Hall–Kier alpha value is -1.63. The molecule has 0 aliphatic carbocycles. The molecule has 3 fully saturated rings. The van der Waals surface area contributed by atoms with E-state index >= 15 is 0 Å². The molecule has 0 spiro atoms. The van der Waals surface area contributed by atoms with Gasteiger partial charge in [-0.15, -0.1) is 0 Å². The molecule has 0 aromatic heterocycles. The maximum absolute atomic E-state index is 13.5. The molecule has 0 unspecified atom stereocenters. The smallest absolute Gasteiger partial charge is 0.325 e. The highest BCUT2D eigenvalue weighted by Crippen LogP contribution is 2.37. The van der Waals surface area contributed by atoms with Crippen LogP contribution >= 0.6 is 11.6 Å². The summed E-state index contributed by atoms with van der Waals surface area (Å²) in [5, 5.41) is 3.89. The monoisotopic (exact) mass is 433 g/mol. The number of benzene rings is 1. The van der Waals surface area contributed by atoms with Gasteiger partial charge in [0.05, 0.1) is 12.6 Å². The fraction of sp³-hybridized carbons (Fsp3) is 0.652. The number of carbonyl (C=O) groups excluding carboxylic acids is 2. The van der Waals surface area contributed by atoms with E-state index < -0.39 is 5.54 Å². The molecule has 3 amide bonds. The van der Waals surface area contributed by atoms with E-state index in [1.807, 2.05) is 18.2 Å². The largest absolute Gasteiger partial charge is 0.376 e. The topological polar surface area (TPSA) is 61.9 Å². The number of piperidine rings is 1. The highest BCUT2D eigenvalue weighted by molar-refractivity contribution is 6.30. The van der Waals surface area contributed by atoms with Gasteiger partial charge >= 0.3 is 6.03 Å². The standard InChI is InChI=1S/C23H32ClN3O3/c1-2-10-23(21(28)27(22(29)25-23)16-20-7-4-13-30-20)18-8-11-26(12-9-18)15-17-5-3-6-19(24)14-17/h3,5-6,14,18,20H,2,4,7-13,15-16H2,1H3,(H,25,29)/t20-,23+/m0/s1. The number of likely N-dealkylation sites (tertiary alicyclic amines) is 1. The van der Waals surface area contributed by atoms with Gasteiger partial charge in [-0.25, -0.2) is 4.79 Å². The predicted octanol–water partition coefficient (Wildman–Crippen LogP) is 3.82. The van der Waals surface area contributed by atoms with Crippen molar-refractivity contribution in [3.05, 3.63) is 34.9 Å². The molecule has 7 heteroatoms. The highest BCUT2D eigenvalue weighted by atomic mass is 35.5. The van der Waals surface area contributed by atoms with Crippen LogP contribution < -0.4 is 5.32 Å². The van der Waals surface area contributed by atoms with Crippen molar-refractivity contribution in [3.8, 4) is 0 Å². The fourth-order valence-corrected chi connectivity index (χ4v) is 5.54. The van der Waals surface area contributed by atoms with Crippen LogP contribution in [0.4, 0.5) is 4.79 Å². The van der Waals surface area contributed by atoms with Crippen molar-refractivity contribution in [2.75, 3.05) is 26.2 Å². The third-order valence-electron chi connectivity index (χ3n) is 6.84. The van der Waals surface area contributed by atoms with E-state index in [2.05, 4.69) is 23.2 Å². The SMILES string of the molecule is CCC[C@]1(C2CCN(Cc3cccc(Cl)c3)CC2)NC(=O)N(C[C@@H]2CCCO2)C1=O. The lowest BCUT2D eigenvalue weighted by atomic mass is 9.74. The Labute approximate surface area is 183 Å². The van der Waals surface area contributed by atoms with Gasteiger partial charge in [0.15, 0.2) is 0 Å². The van der Waals surface area contributed by atoms with Crippen LogP contribution in [0.5, 0.6) is 0 Å². The molecule has 1 N–H and O–H groups in total. The molecule has 2 atom stereocenters. The summed E-state index contributed by atoms with van der Waals surface area (Å²) in [6.07, 6.45) is 5.26. The summed E-state index contributed by atoms with van der Waals surface area (Å²) < 4.78 is 5.67. The van der Waals surface area contributed by atoms with Gasteiger partial charge in [-0.05, 0) is 68.8 Å². The van der Waals surface area contributed by atoms with Crippen molar-refractivity contribution in [1.29, 1.82) is 0 Å². The first-order valence-corrected chi connectivity index (χ1v) is 11.6. The first-order valence-electron chi connectivity index (χ1n) is 11.2. The minimum Gasteiger partial charge on any atom is -0.376 e. The molecule has 4 rings (SSSR count). The van der Waals surface area contributed by atoms with Crippen LogP contribution in [0.25, 0.3) is 0 Å². The van der Waals surface area contributed by atoms with E-state index in [4.69, 9.17) is 16.3 Å². The van der Waals surface area contributed by atoms with Gasteiger partial charge in [0, 0.05) is 18.2 Å². The molecular formula is C23H32ClN3O3. The summed E-state index contributed by atoms with van der Waals surface area (Å²) in [6.45, 7) is 5.87. The summed E-state index contributed by atoms with van der Waals surface area (Å²) in [6, 6.07) is 7.74. The molecule has 6 nitrogen and oxygen atoms in total. The number of urea groups is 1. The highest BCUT2D eigenvalue weighted by Gasteiger charge is 2.55. The summed E-state index contributed by atoms with van der Waals surface area (Å²) in [4.78, 5) is 30.1. The number of hydrogen-bond acceptors (Lipinski definition) is 4. The number of ether oxygens (including phenoxy) is 1. The van der Waals surface area contributed by atoms with Crippen molar-refractivity contribution in [2.45, 2.75) is 63.6 Å². The lowest BCUT2D eigenvalue weighted by Crippen LogP contribution is -2.56. The molecule has 164 valence electrons. The number of halogens is 1. The summed E-state index contributed by atoms with van der Waals surface area (Å²) in [7, 11) is 0. The van der Waals surface area contributed by atoms with Crippen LogP contribution in [0.1, 0.15) is 51.0 Å². The number of nitrogens with zero attached hydrogens (tertiary/aromatic N) is 2. The predicted molar refractivity (Wildman–Crippen MR) is 116 cm³/mol. The average molecular weight is 434 g/mol. The zero-order valence-electron chi connectivity index (χ0n) is 17.7. The van der Waals surface area contributed by atoms with E-state index in [1.165, 1.54) is 10.5 Å². The Morgan fingerprint density at radius 1 is 1.23 bits per heavy atom. The Bertz CT molecular complexity index is 775. The molecular weight excluding hydrogens is 402 g/mol. The zero-order chi connectivity index (χ0) is 21.1. The summed E-state index contributed by atoms with van der Waals surface area (Å²) in [5.74, 6) is 0.122. The number of nitrogens with one attached hydrogen (secondary N) is 1. The van der Waals surface area contributed by atoms with E-state index in [0.717, 1.165) is 63.4 Å². The fourth-order valence-electron chi connectivity index (χ4n) is 5.32. The number of rotatable bonds is 7. The Balaban J connectivity index is 1.41. The second kappa shape index (κ2) is 9.25. The first-order chi connectivity index (χ1) is 14.5. The first kappa shape index (κ1) is 21.6. The molecule has 1 aromatic carbocycles. The Morgan fingerprint density at radius 2 is 2.03 bits per heavy atom. The second-order valence-electron chi connectivity index (χ2n) is 8.88. The lowest BCUT2D eigenvalue weighted by Gasteiger charge is -2.41. The van der Waals surface area contributed by atoms with Crippen molar-refractivity contribution in [1.82, 2.24) is 15.1 Å². The second-order valence-corrected chi connectivity index (χ2v) is 9.32. The van der Waals surface area contributed by atoms with Crippen LogP contribution in [0, 0.1) is 5.92 Å². The Kier molecular flexibility index (Phi) is 6.66. The Morgan fingerprint density at radius 3 is 2.70 bits per heavy atom. The molecule has 0 bridgehead atoms. The van der Waals surface area contributed by atoms with Gasteiger partial charge in [0.2, 0.25) is 0 Å². The summed E-state index contributed by atoms with van der Waals surface area (Å²) in [5.41, 5.74) is 0.448. The van der Waals surface area contributed by atoms with Crippen molar-refractivity contribution >= 4 is 23.5 Å².